The molecule has 4 nitrogen and oxygen atoms in total. The zero-order chi connectivity index (χ0) is 24.4. The molecule has 0 aromatic heterocycles. The van der Waals surface area contributed by atoms with Crippen molar-refractivity contribution < 1.29 is 19.1 Å². The molecule has 4 heteroatoms. The van der Waals surface area contributed by atoms with Crippen molar-refractivity contribution in [1.82, 2.24) is 0 Å². The fourth-order valence-corrected chi connectivity index (χ4v) is 4.27. The molecule has 0 N–H and O–H groups in total. The quantitative estimate of drug-likeness (QED) is 0.255. The first-order chi connectivity index (χ1) is 14.8. The van der Waals surface area contributed by atoms with E-state index >= 15 is 0 Å². The molecule has 0 aromatic carbocycles. The molecule has 188 valence electrons. The maximum absolute atomic E-state index is 12.5. The van der Waals surface area contributed by atoms with Crippen LogP contribution in [0.4, 0.5) is 0 Å². The summed E-state index contributed by atoms with van der Waals surface area (Å²) >= 11 is 0. The Hall–Kier alpha value is -1.06. The van der Waals surface area contributed by atoms with Crippen molar-refractivity contribution in [2.45, 2.75) is 120 Å². The van der Waals surface area contributed by atoms with E-state index in [9.17, 15) is 9.59 Å². The molecule has 0 unspecified atom stereocenters. The van der Waals surface area contributed by atoms with Gasteiger partial charge in [0.05, 0.1) is 25.0 Å². The Morgan fingerprint density at radius 1 is 0.656 bits per heavy atom. The van der Waals surface area contributed by atoms with Crippen LogP contribution in [0.2, 0.25) is 0 Å². The molecule has 1 saturated carbocycles. The van der Waals surface area contributed by atoms with E-state index in [1.807, 2.05) is 0 Å². The van der Waals surface area contributed by atoms with Crippen LogP contribution in [-0.2, 0) is 19.1 Å². The highest BCUT2D eigenvalue weighted by Crippen LogP contribution is 2.33. The van der Waals surface area contributed by atoms with Gasteiger partial charge >= 0.3 is 11.9 Å². The third kappa shape index (κ3) is 12.3. The van der Waals surface area contributed by atoms with E-state index in [1.165, 1.54) is 12.8 Å². The lowest BCUT2D eigenvalue weighted by atomic mass is 9.81. The largest absolute Gasteiger partial charge is 0.465 e. The van der Waals surface area contributed by atoms with Crippen LogP contribution in [0, 0.1) is 34.5 Å². The highest BCUT2D eigenvalue weighted by atomic mass is 16.5. The lowest BCUT2D eigenvalue weighted by Gasteiger charge is -2.28. The van der Waals surface area contributed by atoms with Crippen LogP contribution in [-0.4, -0.2) is 25.2 Å². The molecule has 0 bridgehead atoms. The first-order valence-electron chi connectivity index (χ1n) is 13.1. The van der Waals surface area contributed by atoms with Crippen molar-refractivity contribution in [2.75, 3.05) is 13.2 Å². The molecule has 1 aliphatic carbocycles. The number of hydrogen-bond acceptors (Lipinski definition) is 4. The van der Waals surface area contributed by atoms with Crippen molar-refractivity contribution in [3.8, 4) is 0 Å². The zero-order valence-corrected chi connectivity index (χ0v) is 22.4. The lowest BCUT2D eigenvalue weighted by Crippen LogP contribution is -2.29. The minimum atomic E-state index is -0.0802. The van der Waals surface area contributed by atoms with Gasteiger partial charge in [0.2, 0.25) is 0 Å². The van der Waals surface area contributed by atoms with Crippen LogP contribution in [0.25, 0.3) is 0 Å². The summed E-state index contributed by atoms with van der Waals surface area (Å²) in [7, 11) is 0. The number of carbonyl (C=O) groups is 2. The van der Waals surface area contributed by atoms with Crippen molar-refractivity contribution in [1.29, 1.82) is 0 Å². The summed E-state index contributed by atoms with van der Waals surface area (Å²) in [4.78, 5) is 25.0. The number of ether oxygens (including phenoxy) is 2. The minimum absolute atomic E-state index is 0.0622. The van der Waals surface area contributed by atoms with Crippen molar-refractivity contribution in [3.05, 3.63) is 0 Å². The van der Waals surface area contributed by atoms with Crippen molar-refractivity contribution in [3.63, 3.8) is 0 Å². The van der Waals surface area contributed by atoms with Gasteiger partial charge in [0.25, 0.3) is 0 Å². The number of carbonyl (C=O) groups excluding carboxylic acids is 2. The van der Waals surface area contributed by atoms with Crippen molar-refractivity contribution in [2.24, 2.45) is 34.5 Å². The van der Waals surface area contributed by atoms with Crippen LogP contribution in [0.3, 0.4) is 0 Å². The van der Waals surface area contributed by atoms with Crippen LogP contribution in [0.5, 0.6) is 0 Å². The zero-order valence-electron chi connectivity index (χ0n) is 22.4. The average Bonchev–Trinajstić information content (AvgIpc) is 2.70. The summed E-state index contributed by atoms with van der Waals surface area (Å²) < 4.78 is 11.2. The highest BCUT2D eigenvalue weighted by molar-refractivity contribution is 5.75. The molecule has 0 saturated heterocycles. The normalized spacial score (nSPS) is 19.9. The first kappa shape index (κ1) is 29.0. The van der Waals surface area contributed by atoms with E-state index in [1.54, 1.807) is 0 Å². The van der Waals surface area contributed by atoms with Gasteiger partial charge in [-0.3, -0.25) is 9.59 Å². The summed E-state index contributed by atoms with van der Waals surface area (Å²) in [5, 5.41) is 0. The molecule has 0 aliphatic heterocycles. The van der Waals surface area contributed by atoms with Gasteiger partial charge in [-0.15, -0.1) is 0 Å². The molecule has 1 fully saturated rings. The molecule has 1 rings (SSSR count). The molecule has 0 heterocycles. The molecule has 0 atom stereocenters. The molecule has 32 heavy (non-hydrogen) atoms. The third-order valence-electron chi connectivity index (χ3n) is 7.24. The van der Waals surface area contributed by atoms with Crippen LogP contribution >= 0.6 is 0 Å². The minimum Gasteiger partial charge on any atom is -0.465 e. The van der Waals surface area contributed by atoms with Crippen LogP contribution in [0.1, 0.15) is 120 Å². The summed E-state index contributed by atoms with van der Waals surface area (Å²) in [5.74, 6) is 1.12. The Labute approximate surface area is 198 Å². The fraction of sp³-hybridized carbons (Fsp3) is 0.929. The Bertz CT molecular complexity index is 504. The fourth-order valence-electron chi connectivity index (χ4n) is 4.27. The second kappa shape index (κ2) is 13.6. The van der Waals surface area contributed by atoms with Gasteiger partial charge in [0, 0.05) is 0 Å². The predicted molar refractivity (Wildman–Crippen MR) is 132 cm³/mol. The van der Waals surface area contributed by atoms with Gasteiger partial charge < -0.3 is 9.47 Å². The van der Waals surface area contributed by atoms with Crippen LogP contribution < -0.4 is 0 Å². The highest BCUT2D eigenvalue weighted by Gasteiger charge is 2.32. The summed E-state index contributed by atoms with van der Waals surface area (Å²) in [5.41, 5.74) is 0.407. The van der Waals surface area contributed by atoms with Crippen molar-refractivity contribution >= 4 is 11.9 Å². The number of rotatable bonds is 14. The van der Waals surface area contributed by atoms with Gasteiger partial charge in [-0.1, -0.05) is 68.2 Å². The predicted octanol–water partition coefficient (Wildman–Crippen LogP) is 7.58. The average molecular weight is 453 g/mol. The lowest BCUT2D eigenvalue weighted by molar-refractivity contribution is -0.156. The van der Waals surface area contributed by atoms with Gasteiger partial charge in [0.15, 0.2) is 0 Å². The third-order valence-corrected chi connectivity index (χ3v) is 7.24. The number of esters is 2. The first-order valence-corrected chi connectivity index (χ1v) is 13.1. The standard InChI is InChI=1S/C28H52O4/c1-21(2)13-15-27(5,6)17-19-31-25(29)23-9-11-24(12-10-23)26(30)32-20-18-28(7,8)16-14-22(3)4/h21-24H,9-20H2,1-8H3. The van der Waals surface area contributed by atoms with Gasteiger partial charge in [-0.05, 0) is 74.0 Å². The van der Waals surface area contributed by atoms with Gasteiger partial charge in [-0.2, -0.15) is 0 Å². The van der Waals surface area contributed by atoms with Gasteiger partial charge in [0.1, 0.15) is 0 Å². The summed E-state index contributed by atoms with van der Waals surface area (Å²) in [6.07, 6.45) is 9.46. The Morgan fingerprint density at radius 3 is 1.25 bits per heavy atom. The van der Waals surface area contributed by atoms with E-state index in [4.69, 9.17) is 9.47 Å². The Morgan fingerprint density at radius 2 is 0.969 bits per heavy atom. The topological polar surface area (TPSA) is 52.6 Å². The van der Waals surface area contributed by atoms with E-state index in [-0.39, 0.29) is 34.6 Å². The molecular weight excluding hydrogens is 400 g/mol. The monoisotopic (exact) mass is 452 g/mol. The second-order valence-corrected chi connectivity index (χ2v) is 12.6. The number of hydrogen-bond donors (Lipinski definition) is 0. The molecule has 0 amide bonds. The second-order valence-electron chi connectivity index (χ2n) is 12.6. The Kier molecular flexibility index (Phi) is 12.3. The van der Waals surface area contributed by atoms with Crippen LogP contribution in [0.15, 0.2) is 0 Å². The van der Waals surface area contributed by atoms with E-state index in [2.05, 4.69) is 55.4 Å². The summed E-state index contributed by atoms with van der Waals surface area (Å²) in [6.45, 7) is 19.0. The van der Waals surface area contributed by atoms with E-state index in [0.717, 1.165) is 51.4 Å². The maximum Gasteiger partial charge on any atom is 0.308 e. The SMILES string of the molecule is CC(C)CCC(C)(C)CCOC(=O)C1CCC(C(=O)OCCC(C)(C)CCC(C)C)CC1. The molecule has 0 spiro atoms. The molecule has 1 aliphatic rings. The Balaban J connectivity index is 2.26. The summed E-state index contributed by atoms with van der Waals surface area (Å²) in [6, 6.07) is 0. The molecular formula is C28H52O4. The van der Waals surface area contributed by atoms with Gasteiger partial charge in [-0.25, -0.2) is 0 Å². The maximum atomic E-state index is 12.5. The molecule has 0 radical (unpaired) electrons. The smallest absolute Gasteiger partial charge is 0.308 e. The van der Waals surface area contributed by atoms with E-state index in [0.29, 0.717) is 25.0 Å². The molecule has 0 aromatic rings. The van der Waals surface area contributed by atoms with E-state index < -0.39 is 0 Å².